The summed E-state index contributed by atoms with van der Waals surface area (Å²) in [6, 6.07) is 1.71. The summed E-state index contributed by atoms with van der Waals surface area (Å²) in [7, 11) is 0. The molecule has 1 fully saturated rings. The molecule has 1 heterocycles. The lowest BCUT2D eigenvalue weighted by Crippen LogP contribution is -2.17. The Kier molecular flexibility index (Phi) is 2.85. The molecule has 4 heteroatoms. The van der Waals surface area contributed by atoms with Crippen molar-refractivity contribution in [1.82, 2.24) is 4.98 Å². The molecule has 15 heavy (non-hydrogen) atoms. The topological polar surface area (TPSA) is 72.0 Å². The molecule has 0 atom stereocenters. The van der Waals surface area contributed by atoms with Crippen LogP contribution in [-0.2, 0) is 0 Å². The summed E-state index contributed by atoms with van der Waals surface area (Å²) in [6.45, 7) is 0. The first-order valence-electron chi connectivity index (χ1n) is 5.22. The standard InChI is InChI=1S/C11H15N3O/c12-11(13)9-5-6-14-7-10(9)15-8-3-1-2-4-8/h5-8H,1-4H2,(H3,12,13). The highest BCUT2D eigenvalue weighted by molar-refractivity contribution is 5.97. The van der Waals surface area contributed by atoms with Gasteiger partial charge in [-0.15, -0.1) is 0 Å². The number of nitrogens with one attached hydrogen (secondary N) is 1. The lowest BCUT2D eigenvalue weighted by atomic mass is 10.2. The zero-order valence-corrected chi connectivity index (χ0v) is 8.57. The summed E-state index contributed by atoms with van der Waals surface area (Å²) in [5.41, 5.74) is 6.10. The first-order valence-corrected chi connectivity index (χ1v) is 5.22. The predicted molar refractivity (Wildman–Crippen MR) is 58.1 cm³/mol. The molecule has 1 aromatic rings. The van der Waals surface area contributed by atoms with E-state index in [2.05, 4.69) is 4.98 Å². The molecule has 0 saturated heterocycles. The second-order valence-corrected chi connectivity index (χ2v) is 3.81. The van der Waals surface area contributed by atoms with Crippen LogP contribution < -0.4 is 10.5 Å². The van der Waals surface area contributed by atoms with Gasteiger partial charge < -0.3 is 10.5 Å². The van der Waals surface area contributed by atoms with Crippen LogP contribution in [0.3, 0.4) is 0 Å². The number of amidine groups is 1. The van der Waals surface area contributed by atoms with E-state index in [1.165, 1.54) is 12.8 Å². The predicted octanol–water partition coefficient (Wildman–Crippen LogP) is 1.69. The number of pyridine rings is 1. The third-order valence-corrected chi connectivity index (χ3v) is 2.67. The van der Waals surface area contributed by atoms with Crippen molar-refractivity contribution in [2.24, 2.45) is 5.73 Å². The molecule has 1 aliphatic carbocycles. The minimum absolute atomic E-state index is 0.0328. The largest absolute Gasteiger partial charge is 0.488 e. The van der Waals surface area contributed by atoms with Gasteiger partial charge in [0.2, 0.25) is 0 Å². The maximum atomic E-state index is 7.42. The van der Waals surface area contributed by atoms with E-state index in [0.29, 0.717) is 11.3 Å². The van der Waals surface area contributed by atoms with E-state index >= 15 is 0 Å². The van der Waals surface area contributed by atoms with Gasteiger partial charge in [0.1, 0.15) is 11.6 Å². The van der Waals surface area contributed by atoms with E-state index < -0.39 is 0 Å². The van der Waals surface area contributed by atoms with Gasteiger partial charge in [-0.3, -0.25) is 10.4 Å². The number of ether oxygens (including phenoxy) is 1. The minimum Gasteiger partial charge on any atom is -0.488 e. The molecule has 4 nitrogen and oxygen atoms in total. The SMILES string of the molecule is N=C(N)c1ccncc1OC1CCCC1. The van der Waals surface area contributed by atoms with E-state index in [-0.39, 0.29) is 11.9 Å². The van der Waals surface area contributed by atoms with Crippen molar-refractivity contribution in [3.63, 3.8) is 0 Å². The Morgan fingerprint density at radius 3 is 2.87 bits per heavy atom. The zero-order chi connectivity index (χ0) is 10.7. The first-order chi connectivity index (χ1) is 7.27. The van der Waals surface area contributed by atoms with Crippen molar-refractivity contribution in [2.45, 2.75) is 31.8 Å². The van der Waals surface area contributed by atoms with Gasteiger partial charge in [-0.1, -0.05) is 0 Å². The Morgan fingerprint density at radius 2 is 2.20 bits per heavy atom. The molecular formula is C11H15N3O. The molecule has 2 rings (SSSR count). The molecule has 0 radical (unpaired) electrons. The van der Waals surface area contributed by atoms with Crippen molar-refractivity contribution in [1.29, 1.82) is 5.41 Å². The van der Waals surface area contributed by atoms with Gasteiger partial charge in [0.25, 0.3) is 0 Å². The number of nitrogen functional groups attached to an aromatic ring is 1. The van der Waals surface area contributed by atoms with Crippen LogP contribution in [0.5, 0.6) is 5.75 Å². The lowest BCUT2D eigenvalue weighted by molar-refractivity contribution is 0.209. The summed E-state index contributed by atoms with van der Waals surface area (Å²) in [4.78, 5) is 3.99. The van der Waals surface area contributed by atoms with Gasteiger partial charge in [-0.05, 0) is 31.7 Å². The number of nitrogens with two attached hydrogens (primary N) is 1. The molecule has 0 aromatic carbocycles. The average molecular weight is 205 g/mol. The van der Waals surface area contributed by atoms with E-state index in [9.17, 15) is 0 Å². The fraction of sp³-hybridized carbons (Fsp3) is 0.455. The van der Waals surface area contributed by atoms with E-state index in [1.807, 2.05) is 0 Å². The molecule has 3 N–H and O–H groups in total. The van der Waals surface area contributed by atoms with E-state index in [1.54, 1.807) is 18.5 Å². The van der Waals surface area contributed by atoms with Crippen LogP contribution in [0.4, 0.5) is 0 Å². The van der Waals surface area contributed by atoms with Crippen molar-refractivity contribution in [3.8, 4) is 5.75 Å². The molecule has 0 bridgehead atoms. The van der Waals surface area contributed by atoms with Gasteiger partial charge in [0, 0.05) is 6.20 Å². The van der Waals surface area contributed by atoms with Crippen molar-refractivity contribution in [2.75, 3.05) is 0 Å². The van der Waals surface area contributed by atoms with Crippen LogP contribution in [0, 0.1) is 5.41 Å². The summed E-state index contributed by atoms with van der Waals surface area (Å²) in [5.74, 6) is 0.669. The number of hydrogen-bond acceptors (Lipinski definition) is 3. The third kappa shape index (κ3) is 2.26. The highest BCUT2D eigenvalue weighted by Gasteiger charge is 2.18. The highest BCUT2D eigenvalue weighted by Crippen LogP contribution is 2.25. The first kappa shape index (κ1) is 9.96. The van der Waals surface area contributed by atoms with Gasteiger partial charge in [-0.25, -0.2) is 0 Å². The molecule has 0 unspecified atom stereocenters. The van der Waals surface area contributed by atoms with Crippen LogP contribution >= 0.6 is 0 Å². The Labute approximate surface area is 89.0 Å². The smallest absolute Gasteiger partial charge is 0.148 e. The quantitative estimate of drug-likeness (QED) is 0.582. The zero-order valence-electron chi connectivity index (χ0n) is 8.57. The summed E-state index contributed by atoms with van der Waals surface area (Å²) >= 11 is 0. The number of aromatic nitrogens is 1. The Balaban J connectivity index is 2.15. The maximum absolute atomic E-state index is 7.42. The summed E-state index contributed by atoms with van der Waals surface area (Å²) in [6.07, 6.45) is 8.15. The van der Waals surface area contributed by atoms with Crippen LogP contribution in [0.15, 0.2) is 18.5 Å². The average Bonchev–Trinajstić information content (AvgIpc) is 2.71. The molecular weight excluding hydrogens is 190 g/mol. The fourth-order valence-electron chi connectivity index (χ4n) is 1.88. The van der Waals surface area contributed by atoms with Crippen LogP contribution in [0.2, 0.25) is 0 Å². The molecule has 80 valence electrons. The molecule has 0 spiro atoms. The number of nitrogens with zero attached hydrogens (tertiary/aromatic N) is 1. The maximum Gasteiger partial charge on any atom is 0.148 e. The van der Waals surface area contributed by atoms with Gasteiger partial charge in [-0.2, -0.15) is 0 Å². The van der Waals surface area contributed by atoms with Crippen LogP contribution in [-0.4, -0.2) is 16.9 Å². The van der Waals surface area contributed by atoms with Gasteiger partial charge in [0.05, 0.1) is 17.9 Å². The molecule has 0 aliphatic heterocycles. The second kappa shape index (κ2) is 4.29. The highest BCUT2D eigenvalue weighted by atomic mass is 16.5. The Morgan fingerprint density at radius 1 is 1.47 bits per heavy atom. The molecule has 1 saturated carbocycles. The monoisotopic (exact) mass is 205 g/mol. The van der Waals surface area contributed by atoms with E-state index in [0.717, 1.165) is 12.8 Å². The molecule has 1 aliphatic rings. The van der Waals surface area contributed by atoms with Crippen molar-refractivity contribution in [3.05, 3.63) is 24.0 Å². The Bertz CT molecular complexity index is 359. The summed E-state index contributed by atoms with van der Waals surface area (Å²) in [5, 5.41) is 7.42. The number of rotatable bonds is 3. The van der Waals surface area contributed by atoms with Gasteiger partial charge >= 0.3 is 0 Å². The molecule has 0 amide bonds. The van der Waals surface area contributed by atoms with Crippen molar-refractivity contribution >= 4 is 5.84 Å². The van der Waals surface area contributed by atoms with Crippen LogP contribution in [0.1, 0.15) is 31.2 Å². The van der Waals surface area contributed by atoms with Gasteiger partial charge in [0.15, 0.2) is 0 Å². The normalized spacial score (nSPS) is 16.5. The molecule has 1 aromatic heterocycles. The third-order valence-electron chi connectivity index (χ3n) is 2.67. The summed E-state index contributed by atoms with van der Waals surface area (Å²) < 4.78 is 5.78. The van der Waals surface area contributed by atoms with Crippen LogP contribution in [0.25, 0.3) is 0 Å². The lowest BCUT2D eigenvalue weighted by Gasteiger charge is -2.15. The fourth-order valence-corrected chi connectivity index (χ4v) is 1.88. The number of hydrogen-bond donors (Lipinski definition) is 2. The minimum atomic E-state index is 0.0328. The van der Waals surface area contributed by atoms with E-state index in [4.69, 9.17) is 15.9 Å². The van der Waals surface area contributed by atoms with Crippen molar-refractivity contribution < 1.29 is 4.74 Å². The Hall–Kier alpha value is -1.58. The second-order valence-electron chi connectivity index (χ2n) is 3.81.